The van der Waals surface area contributed by atoms with Gasteiger partial charge in [-0.15, -0.1) is 17.0 Å². The van der Waals surface area contributed by atoms with Crippen molar-refractivity contribution in [3.63, 3.8) is 0 Å². The molecule has 0 unspecified atom stereocenters. The first kappa shape index (κ1) is 14.8. The minimum Gasteiger partial charge on any atom is -0.290 e. The van der Waals surface area contributed by atoms with Gasteiger partial charge in [-0.3, -0.25) is 4.40 Å². The molecule has 0 saturated heterocycles. The van der Waals surface area contributed by atoms with Crippen molar-refractivity contribution in [3.8, 4) is 11.3 Å². The summed E-state index contributed by atoms with van der Waals surface area (Å²) in [5.41, 5.74) is 4.67. The number of aryl methyl sites for hydroxylation is 1. The highest BCUT2D eigenvalue weighted by Gasteiger charge is 2.10. The predicted octanol–water partition coefficient (Wildman–Crippen LogP) is 5.86. The Bertz CT molecular complexity index is 923. The van der Waals surface area contributed by atoms with E-state index in [4.69, 9.17) is 4.98 Å². The third-order valence-electron chi connectivity index (χ3n) is 3.40. The maximum Gasteiger partial charge on any atom is 0.195 e. The number of hydrogen-bond acceptors (Lipinski definition) is 2. The minimum absolute atomic E-state index is 0. The smallest absolute Gasteiger partial charge is 0.195 e. The van der Waals surface area contributed by atoms with Crippen LogP contribution in [0, 0.1) is 6.92 Å². The molecular formula is C16H12Br2N2S. The number of rotatable bonds is 1. The summed E-state index contributed by atoms with van der Waals surface area (Å²) in [4.78, 5) is 5.78. The molecule has 0 aliphatic carbocycles. The third kappa shape index (κ3) is 2.54. The van der Waals surface area contributed by atoms with Crippen molar-refractivity contribution in [2.75, 3.05) is 0 Å². The monoisotopic (exact) mass is 422 g/mol. The van der Waals surface area contributed by atoms with Crippen molar-refractivity contribution in [2.24, 2.45) is 0 Å². The number of benzene rings is 2. The molecule has 2 heterocycles. The molecule has 0 N–H and O–H groups in total. The van der Waals surface area contributed by atoms with E-state index in [2.05, 4.69) is 75.9 Å². The van der Waals surface area contributed by atoms with Gasteiger partial charge in [0.05, 0.1) is 15.9 Å². The topological polar surface area (TPSA) is 17.3 Å². The second-order valence-electron chi connectivity index (χ2n) is 4.86. The molecule has 0 saturated carbocycles. The Morgan fingerprint density at radius 1 is 1.10 bits per heavy atom. The van der Waals surface area contributed by atoms with Crippen molar-refractivity contribution in [1.29, 1.82) is 0 Å². The lowest BCUT2D eigenvalue weighted by molar-refractivity contribution is 1.30. The molecule has 0 bridgehead atoms. The Morgan fingerprint density at radius 2 is 1.86 bits per heavy atom. The summed E-state index contributed by atoms with van der Waals surface area (Å²) in [6.07, 6.45) is 2.12. The highest BCUT2D eigenvalue weighted by Crippen LogP contribution is 2.31. The minimum atomic E-state index is 0. The van der Waals surface area contributed by atoms with Gasteiger partial charge in [-0.05, 0) is 25.1 Å². The van der Waals surface area contributed by atoms with Crippen LogP contribution in [-0.2, 0) is 0 Å². The average molecular weight is 424 g/mol. The summed E-state index contributed by atoms with van der Waals surface area (Å²) in [5.74, 6) is 0. The molecule has 2 nitrogen and oxygen atoms in total. The van der Waals surface area contributed by atoms with Crippen LogP contribution in [-0.4, -0.2) is 9.38 Å². The highest BCUT2D eigenvalue weighted by atomic mass is 79.9. The van der Waals surface area contributed by atoms with Gasteiger partial charge in [-0.2, -0.15) is 0 Å². The van der Waals surface area contributed by atoms with Crippen LogP contribution >= 0.6 is 44.2 Å². The largest absolute Gasteiger partial charge is 0.290 e. The van der Waals surface area contributed by atoms with Crippen molar-refractivity contribution >= 4 is 59.4 Å². The maximum atomic E-state index is 4.75. The molecule has 5 heteroatoms. The lowest BCUT2D eigenvalue weighted by atomic mass is 10.1. The fourth-order valence-electron chi connectivity index (χ4n) is 2.34. The number of nitrogens with zero attached hydrogens (tertiary/aromatic N) is 2. The molecule has 0 aliphatic rings. The molecule has 4 rings (SSSR count). The first-order valence-electron chi connectivity index (χ1n) is 6.35. The summed E-state index contributed by atoms with van der Waals surface area (Å²) >= 11 is 5.23. The second-order valence-corrected chi connectivity index (χ2v) is 6.78. The van der Waals surface area contributed by atoms with Gasteiger partial charge >= 0.3 is 0 Å². The Labute approximate surface area is 145 Å². The number of hydrogen-bond donors (Lipinski definition) is 0. The van der Waals surface area contributed by atoms with Crippen molar-refractivity contribution < 1.29 is 0 Å². The van der Waals surface area contributed by atoms with Crippen LogP contribution in [0.25, 0.3) is 26.4 Å². The van der Waals surface area contributed by atoms with Crippen LogP contribution in [0.2, 0.25) is 0 Å². The fourth-order valence-corrected chi connectivity index (χ4v) is 3.90. The van der Waals surface area contributed by atoms with E-state index in [0.29, 0.717) is 0 Å². The number of aromatic nitrogens is 2. The first-order chi connectivity index (χ1) is 9.70. The third-order valence-corrected chi connectivity index (χ3v) is 4.91. The maximum absolute atomic E-state index is 4.75. The molecule has 0 amide bonds. The molecule has 4 aromatic rings. The van der Waals surface area contributed by atoms with E-state index in [9.17, 15) is 0 Å². The van der Waals surface area contributed by atoms with Crippen molar-refractivity contribution in [2.45, 2.75) is 6.92 Å². The molecule has 2 aromatic heterocycles. The van der Waals surface area contributed by atoms with E-state index in [1.54, 1.807) is 11.3 Å². The van der Waals surface area contributed by atoms with Crippen LogP contribution in [0.15, 0.2) is 53.1 Å². The first-order valence-corrected chi connectivity index (χ1v) is 7.96. The van der Waals surface area contributed by atoms with Gasteiger partial charge < -0.3 is 0 Å². The molecule has 21 heavy (non-hydrogen) atoms. The molecule has 0 radical (unpaired) electrons. The Kier molecular flexibility index (Phi) is 3.90. The Balaban J connectivity index is 0.00000132. The highest BCUT2D eigenvalue weighted by molar-refractivity contribution is 9.10. The summed E-state index contributed by atoms with van der Waals surface area (Å²) < 4.78 is 4.52. The quantitative estimate of drug-likeness (QED) is 0.374. The van der Waals surface area contributed by atoms with Crippen molar-refractivity contribution in [1.82, 2.24) is 9.38 Å². The summed E-state index contributed by atoms with van der Waals surface area (Å²) in [6, 6.07) is 14.8. The van der Waals surface area contributed by atoms with E-state index in [0.717, 1.165) is 20.7 Å². The molecule has 0 fully saturated rings. The standard InChI is InChI=1S/C16H11BrN2S.BrH/c1-10-2-4-11(5-3-10)13-9-19-14-7-6-12(17)8-15(14)20-16(19)18-13;/h2-9H,1H3;1H. The van der Waals surface area contributed by atoms with Gasteiger partial charge in [0, 0.05) is 16.2 Å². The number of halogens is 2. The Morgan fingerprint density at radius 3 is 2.62 bits per heavy atom. The van der Waals surface area contributed by atoms with Crippen LogP contribution in [0.3, 0.4) is 0 Å². The van der Waals surface area contributed by atoms with E-state index in [-0.39, 0.29) is 17.0 Å². The van der Waals surface area contributed by atoms with Crippen LogP contribution in [0.1, 0.15) is 5.56 Å². The van der Waals surface area contributed by atoms with Gasteiger partial charge in [0.2, 0.25) is 0 Å². The number of fused-ring (bicyclic) bond motifs is 3. The van der Waals surface area contributed by atoms with Gasteiger partial charge in [-0.1, -0.05) is 57.1 Å². The molecule has 0 atom stereocenters. The van der Waals surface area contributed by atoms with Gasteiger partial charge in [0.25, 0.3) is 0 Å². The zero-order valence-electron chi connectivity index (χ0n) is 11.2. The molecule has 2 aromatic carbocycles. The zero-order chi connectivity index (χ0) is 13.7. The van der Waals surface area contributed by atoms with Gasteiger partial charge in [-0.25, -0.2) is 4.98 Å². The average Bonchev–Trinajstić information content (AvgIpc) is 2.96. The Hall–Kier alpha value is -1.17. The second kappa shape index (κ2) is 5.55. The van der Waals surface area contributed by atoms with E-state index >= 15 is 0 Å². The molecule has 0 aliphatic heterocycles. The van der Waals surface area contributed by atoms with Crippen molar-refractivity contribution in [3.05, 3.63) is 58.7 Å². The van der Waals surface area contributed by atoms with E-state index in [1.165, 1.54) is 15.8 Å². The normalized spacial score (nSPS) is 11.0. The van der Waals surface area contributed by atoms with E-state index < -0.39 is 0 Å². The lowest BCUT2D eigenvalue weighted by Gasteiger charge is -1.97. The van der Waals surface area contributed by atoms with Crippen LogP contribution in [0.5, 0.6) is 0 Å². The van der Waals surface area contributed by atoms with Crippen LogP contribution < -0.4 is 0 Å². The lowest BCUT2D eigenvalue weighted by Crippen LogP contribution is -1.78. The molecule has 106 valence electrons. The summed E-state index contributed by atoms with van der Waals surface area (Å²) in [5, 5.41) is 0. The number of thiazole rings is 1. The van der Waals surface area contributed by atoms with Gasteiger partial charge in [0.15, 0.2) is 4.96 Å². The summed E-state index contributed by atoms with van der Waals surface area (Å²) in [6.45, 7) is 2.10. The summed E-state index contributed by atoms with van der Waals surface area (Å²) in [7, 11) is 0. The fraction of sp³-hybridized carbons (Fsp3) is 0.0625. The zero-order valence-corrected chi connectivity index (χ0v) is 15.3. The molecule has 0 spiro atoms. The predicted molar refractivity (Wildman–Crippen MR) is 98.8 cm³/mol. The molecular weight excluding hydrogens is 412 g/mol. The van der Waals surface area contributed by atoms with Crippen LogP contribution in [0.4, 0.5) is 0 Å². The van der Waals surface area contributed by atoms with Gasteiger partial charge in [0.1, 0.15) is 0 Å². The SMILES string of the molecule is Br.Cc1ccc(-c2cn3c(n2)sc2cc(Br)ccc23)cc1. The number of imidazole rings is 1. The van der Waals surface area contributed by atoms with E-state index in [1.807, 2.05) is 0 Å².